The Morgan fingerprint density at radius 3 is 2.62 bits per heavy atom. The lowest BCUT2D eigenvalue weighted by Crippen LogP contribution is -2.59. The van der Waals surface area contributed by atoms with Gasteiger partial charge in [-0.15, -0.1) is 0 Å². The zero-order chi connectivity index (χ0) is 27.0. The Morgan fingerprint density at radius 1 is 1.05 bits per heavy atom. The Bertz CT molecular complexity index is 1200. The van der Waals surface area contributed by atoms with Crippen molar-refractivity contribution in [3.63, 3.8) is 0 Å². The first-order valence-electron chi connectivity index (χ1n) is 14.8. The normalized spacial score (nSPS) is 29.3. The maximum Gasteiger partial charge on any atom is 0.317 e. The van der Waals surface area contributed by atoms with Gasteiger partial charge in [0, 0.05) is 55.7 Å². The summed E-state index contributed by atoms with van der Waals surface area (Å²) in [4.78, 5) is 31.8. The topological polar surface area (TPSA) is 64.7 Å². The molecule has 6 nitrogen and oxygen atoms in total. The van der Waals surface area contributed by atoms with Gasteiger partial charge in [0.2, 0.25) is 5.91 Å². The SMILES string of the molecule is CNC(=O)N1Cc2cc(Br)ccc2C2(CNCC2C(=O)N2CCC(c3ccccc3)CC2C2CCCCC2)C1. The number of nitrogens with one attached hydrogen (secondary N) is 2. The Hall–Kier alpha value is -2.38. The number of hydrogen-bond acceptors (Lipinski definition) is 3. The molecule has 3 aliphatic heterocycles. The highest BCUT2D eigenvalue weighted by Crippen LogP contribution is 2.46. The van der Waals surface area contributed by atoms with Gasteiger partial charge in [0.1, 0.15) is 0 Å². The highest BCUT2D eigenvalue weighted by molar-refractivity contribution is 9.10. The van der Waals surface area contributed by atoms with Gasteiger partial charge in [-0.25, -0.2) is 4.79 Å². The quantitative estimate of drug-likeness (QED) is 0.500. The molecule has 3 heterocycles. The fourth-order valence-electron chi connectivity index (χ4n) is 8.16. The van der Waals surface area contributed by atoms with E-state index in [4.69, 9.17) is 0 Å². The Morgan fingerprint density at radius 2 is 1.85 bits per heavy atom. The van der Waals surface area contributed by atoms with E-state index >= 15 is 0 Å². The minimum atomic E-state index is -0.425. The molecule has 0 aromatic heterocycles. The number of carbonyl (C=O) groups is 2. The number of halogens is 1. The van der Waals surface area contributed by atoms with E-state index in [1.807, 2.05) is 4.90 Å². The molecule has 7 heteroatoms. The lowest BCUT2D eigenvalue weighted by Gasteiger charge is -2.49. The van der Waals surface area contributed by atoms with E-state index in [-0.39, 0.29) is 23.9 Å². The highest BCUT2D eigenvalue weighted by Gasteiger charge is 2.54. The lowest BCUT2D eigenvalue weighted by atomic mass is 9.67. The van der Waals surface area contributed by atoms with Gasteiger partial charge in [0.05, 0.1) is 5.92 Å². The van der Waals surface area contributed by atoms with E-state index in [0.717, 1.165) is 29.4 Å². The van der Waals surface area contributed by atoms with Crippen molar-refractivity contribution < 1.29 is 9.59 Å². The summed E-state index contributed by atoms with van der Waals surface area (Å²) in [7, 11) is 1.69. The summed E-state index contributed by atoms with van der Waals surface area (Å²) in [6.45, 7) is 3.30. The van der Waals surface area contributed by atoms with Crippen LogP contribution in [0.2, 0.25) is 0 Å². The molecule has 1 saturated carbocycles. The predicted molar refractivity (Wildman–Crippen MR) is 158 cm³/mol. The van der Waals surface area contributed by atoms with Crippen LogP contribution in [0.5, 0.6) is 0 Å². The third-order valence-corrected chi connectivity index (χ3v) is 10.6. The van der Waals surface area contributed by atoms with E-state index in [9.17, 15) is 9.59 Å². The summed E-state index contributed by atoms with van der Waals surface area (Å²) in [5.74, 6) is 1.18. The number of benzene rings is 2. The van der Waals surface area contributed by atoms with Crippen LogP contribution in [0, 0.1) is 11.8 Å². The number of carbonyl (C=O) groups excluding carboxylic acids is 2. The monoisotopic (exact) mass is 592 g/mol. The number of amides is 3. The number of hydrogen-bond donors (Lipinski definition) is 2. The van der Waals surface area contributed by atoms with Gasteiger partial charge in [-0.3, -0.25) is 4.79 Å². The summed E-state index contributed by atoms with van der Waals surface area (Å²) < 4.78 is 1.00. The molecule has 2 saturated heterocycles. The number of likely N-dealkylation sites (tertiary alicyclic amines) is 1. The van der Waals surface area contributed by atoms with Crippen molar-refractivity contribution in [2.75, 3.05) is 33.2 Å². The van der Waals surface area contributed by atoms with Gasteiger partial charge < -0.3 is 20.4 Å². The van der Waals surface area contributed by atoms with Gasteiger partial charge in [0.15, 0.2) is 0 Å². The second-order valence-corrected chi connectivity index (χ2v) is 13.1. The molecule has 1 spiro atoms. The van der Waals surface area contributed by atoms with Crippen molar-refractivity contribution >= 4 is 27.9 Å². The minimum absolute atomic E-state index is 0.0816. The van der Waals surface area contributed by atoms with E-state index < -0.39 is 5.41 Å². The molecule has 3 fully saturated rings. The molecular formula is C32H41BrN4O2. The molecule has 4 atom stereocenters. The van der Waals surface area contributed by atoms with Crippen LogP contribution in [0.3, 0.4) is 0 Å². The molecule has 39 heavy (non-hydrogen) atoms. The van der Waals surface area contributed by atoms with Crippen LogP contribution in [0.15, 0.2) is 53.0 Å². The Kier molecular flexibility index (Phi) is 7.73. The molecule has 4 unspecified atom stereocenters. The van der Waals surface area contributed by atoms with Crippen molar-refractivity contribution in [2.24, 2.45) is 11.8 Å². The van der Waals surface area contributed by atoms with Crippen LogP contribution in [0.1, 0.15) is 67.6 Å². The third-order valence-electron chi connectivity index (χ3n) is 10.1. The summed E-state index contributed by atoms with van der Waals surface area (Å²) in [6, 6.07) is 17.5. The van der Waals surface area contributed by atoms with E-state index in [1.165, 1.54) is 43.2 Å². The Labute approximate surface area is 241 Å². The van der Waals surface area contributed by atoms with Gasteiger partial charge in [0.25, 0.3) is 0 Å². The fourth-order valence-corrected chi connectivity index (χ4v) is 8.57. The van der Waals surface area contributed by atoms with Crippen molar-refractivity contribution in [3.8, 4) is 0 Å². The average Bonchev–Trinajstić information content (AvgIpc) is 3.40. The van der Waals surface area contributed by atoms with Crippen molar-refractivity contribution in [2.45, 2.75) is 68.9 Å². The van der Waals surface area contributed by atoms with Gasteiger partial charge >= 0.3 is 6.03 Å². The summed E-state index contributed by atoms with van der Waals surface area (Å²) >= 11 is 3.63. The standard InChI is InChI=1S/C32H41BrN4O2/c1-34-31(39)36-19-25-16-26(33)12-13-27(25)32(21-36)20-35-18-28(32)30(38)37-15-14-24(22-8-4-2-5-9-22)17-29(37)23-10-6-3-7-11-23/h2,4-5,8-9,12-13,16,23-24,28-29,35H,3,6-7,10-11,14-15,17-21H2,1H3,(H,34,39). The number of urea groups is 1. The molecule has 0 radical (unpaired) electrons. The second-order valence-electron chi connectivity index (χ2n) is 12.2. The summed E-state index contributed by atoms with van der Waals surface area (Å²) in [5, 5.41) is 6.42. The fraction of sp³-hybridized carbons (Fsp3) is 0.562. The minimum Gasteiger partial charge on any atom is -0.341 e. The van der Waals surface area contributed by atoms with Gasteiger partial charge in [-0.05, 0) is 66.3 Å². The first kappa shape index (κ1) is 26.8. The molecule has 1 aliphatic carbocycles. The number of piperidine rings is 1. The molecule has 0 bridgehead atoms. The zero-order valence-corrected chi connectivity index (χ0v) is 24.6. The van der Waals surface area contributed by atoms with Crippen LogP contribution in [-0.4, -0.2) is 61.0 Å². The van der Waals surface area contributed by atoms with Crippen molar-refractivity contribution in [1.29, 1.82) is 0 Å². The molecule has 6 rings (SSSR count). The van der Waals surface area contributed by atoms with Crippen LogP contribution in [0.25, 0.3) is 0 Å². The van der Waals surface area contributed by atoms with E-state index in [2.05, 4.69) is 80.0 Å². The molecular weight excluding hydrogens is 552 g/mol. The molecule has 3 amide bonds. The largest absolute Gasteiger partial charge is 0.341 e. The molecule has 2 aromatic rings. The smallest absolute Gasteiger partial charge is 0.317 e. The molecule has 208 valence electrons. The molecule has 4 aliphatic rings. The van der Waals surface area contributed by atoms with Gasteiger partial charge in [-0.1, -0.05) is 71.6 Å². The highest BCUT2D eigenvalue weighted by atomic mass is 79.9. The maximum atomic E-state index is 14.8. The summed E-state index contributed by atoms with van der Waals surface area (Å²) in [5.41, 5.74) is 3.35. The molecule has 2 aromatic carbocycles. The van der Waals surface area contributed by atoms with Crippen LogP contribution >= 0.6 is 15.9 Å². The number of fused-ring (bicyclic) bond motifs is 2. The van der Waals surface area contributed by atoms with Crippen LogP contribution in [0.4, 0.5) is 4.79 Å². The van der Waals surface area contributed by atoms with Crippen LogP contribution < -0.4 is 10.6 Å². The van der Waals surface area contributed by atoms with Crippen molar-refractivity contribution in [3.05, 3.63) is 69.7 Å². The Balaban J connectivity index is 1.33. The average molecular weight is 594 g/mol. The lowest BCUT2D eigenvalue weighted by molar-refractivity contribution is -0.143. The molecule has 2 N–H and O–H groups in total. The third kappa shape index (κ3) is 5.01. The second kappa shape index (κ2) is 11.2. The maximum absolute atomic E-state index is 14.8. The first-order chi connectivity index (χ1) is 19.0. The van der Waals surface area contributed by atoms with Crippen molar-refractivity contribution in [1.82, 2.24) is 20.4 Å². The van der Waals surface area contributed by atoms with Crippen LogP contribution in [-0.2, 0) is 16.8 Å². The predicted octanol–water partition coefficient (Wildman–Crippen LogP) is 5.42. The zero-order valence-electron chi connectivity index (χ0n) is 23.0. The van der Waals surface area contributed by atoms with E-state index in [0.29, 0.717) is 38.0 Å². The first-order valence-corrected chi connectivity index (χ1v) is 15.6. The summed E-state index contributed by atoms with van der Waals surface area (Å²) in [6.07, 6.45) is 8.39. The van der Waals surface area contributed by atoms with E-state index in [1.54, 1.807) is 7.05 Å². The number of rotatable bonds is 3. The van der Waals surface area contributed by atoms with Gasteiger partial charge in [-0.2, -0.15) is 0 Å². The number of nitrogens with zero attached hydrogens (tertiary/aromatic N) is 2.